The third-order valence-electron chi connectivity index (χ3n) is 3.19. The van der Waals surface area contributed by atoms with Crippen LogP contribution in [-0.4, -0.2) is 60.5 Å². The molecule has 0 unspecified atom stereocenters. The highest BCUT2D eigenvalue weighted by atomic mass is 31.2. The summed E-state index contributed by atoms with van der Waals surface area (Å²) in [5.74, 6) is -2.11. The van der Waals surface area contributed by atoms with E-state index < -0.39 is 62.1 Å². The van der Waals surface area contributed by atoms with Crippen LogP contribution in [0.4, 0.5) is 10.2 Å². The van der Waals surface area contributed by atoms with Gasteiger partial charge < -0.3 is 30.5 Å². The van der Waals surface area contributed by atoms with Gasteiger partial charge in [-0.1, -0.05) is 0 Å². The van der Waals surface area contributed by atoms with Crippen molar-refractivity contribution in [3.8, 4) is 0 Å². The Kier molecular flexibility index (Phi) is 5.03. The standard InChI is InChI=1S/C10H13FN3O9P/c11-5-6(15)4(2-22-24(19,20)21)23-8(5)14-1-3(9(16)17)7(12)13-10(14)18/h1,4-6,8,15H,2H2,(H,16,17)(H2,12,13,18)(H2,19,20,21)/t4-,5+,6-,8-/m1/s1. The number of hydrogen-bond donors (Lipinski definition) is 5. The van der Waals surface area contributed by atoms with Gasteiger partial charge in [0.25, 0.3) is 0 Å². The Labute approximate surface area is 132 Å². The average Bonchev–Trinajstić information content (AvgIpc) is 2.72. The number of aromatic carboxylic acids is 1. The van der Waals surface area contributed by atoms with E-state index in [4.69, 9.17) is 25.4 Å². The predicted octanol–water partition coefficient (Wildman–Crippen LogP) is -1.77. The van der Waals surface area contributed by atoms with Gasteiger partial charge >= 0.3 is 19.5 Å². The number of nitrogens with two attached hydrogens (primary N) is 1. The lowest BCUT2D eigenvalue weighted by atomic mass is 10.1. The van der Waals surface area contributed by atoms with Crippen LogP contribution in [0.5, 0.6) is 0 Å². The van der Waals surface area contributed by atoms with Gasteiger partial charge in [-0.05, 0) is 0 Å². The maximum Gasteiger partial charge on any atom is 0.469 e. The topological polar surface area (TPSA) is 194 Å². The number of anilines is 1. The number of phosphoric acid groups is 1. The molecule has 0 amide bonds. The molecule has 12 nitrogen and oxygen atoms in total. The fraction of sp³-hybridized carbons (Fsp3) is 0.500. The van der Waals surface area contributed by atoms with Crippen molar-refractivity contribution >= 4 is 19.6 Å². The lowest BCUT2D eigenvalue weighted by Gasteiger charge is -2.17. The minimum atomic E-state index is -4.88. The quantitative estimate of drug-likeness (QED) is 0.368. The molecule has 1 aliphatic rings. The first kappa shape index (κ1) is 18.4. The molecule has 1 saturated heterocycles. The van der Waals surface area contributed by atoms with Crippen molar-refractivity contribution in [2.45, 2.75) is 24.6 Å². The van der Waals surface area contributed by atoms with Crippen LogP contribution in [0.15, 0.2) is 11.0 Å². The molecule has 0 aliphatic carbocycles. The zero-order valence-corrected chi connectivity index (χ0v) is 12.6. The van der Waals surface area contributed by atoms with Crippen molar-refractivity contribution in [1.29, 1.82) is 0 Å². The maximum atomic E-state index is 14.2. The lowest BCUT2D eigenvalue weighted by Crippen LogP contribution is -2.34. The van der Waals surface area contributed by atoms with Gasteiger partial charge in [0.2, 0.25) is 0 Å². The number of alkyl halides is 1. The number of carbonyl (C=O) groups is 1. The van der Waals surface area contributed by atoms with Crippen LogP contribution < -0.4 is 11.4 Å². The van der Waals surface area contributed by atoms with Crippen LogP contribution >= 0.6 is 7.82 Å². The lowest BCUT2D eigenvalue weighted by molar-refractivity contribution is -0.0483. The van der Waals surface area contributed by atoms with E-state index in [-0.39, 0.29) is 0 Å². The largest absolute Gasteiger partial charge is 0.478 e. The first-order valence-electron chi connectivity index (χ1n) is 6.31. The number of carboxylic acid groups (broad SMARTS) is 1. The summed E-state index contributed by atoms with van der Waals surface area (Å²) in [4.78, 5) is 43.2. The van der Waals surface area contributed by atoms with Gasteiger partial charge in [0.15, 0.2) is 12.4 Å². The minimum absolute atomic E-state index is 0.477. The monoisotopic (exact) mass is 369 g/mol. The summed E-state index contributed by atoms with van der Waals surface area (Å²) in [7, 11) is -4.88. The normalized spacial score (nSPS) is 27.3. The molecule has 24 heavy (non-hydrogen) atoms. The van der Waals surface area contributed by atoms with Gasteiger partial charge in [-0.25, -0.2) is 18.5 Å². The molecule has 1 aromatic rings. The van der Waals surface area contributed by atoms with Crippen molar-refractivity contribution in [3.05, 3.63) is 22.2 Å². The highest BCUT2D eigenvalue weighted by Crippen LogP contribution is 2.38. The van der Waals surface area contributed by atoms with Gasteiger partial charge in [0, 0.05) is 6.20 Å². The molecule has 0 bridgehead atoms. The molecular formula is C10H13FN3O9P. The van der Waals surface area contributed by atoms with Crippen LogP contribution in [0.2, 0.25) is 0 Å². The van der Waals surface area contributed by atoms with E-state index in [0.717, 1.165) is 0 Å². The van der Waals surface area contributed by atoms with Crippen LogP contribution in [0.25, 0.3) is 0 Å². The highest BCUT2D eigenvalue weighted by molar-refractivity contribution is 7.46. The summed E-state index contributed by atoms with van der Waals surface area (Å²) in [5, 5.41) is 18.6. The second-order valence-corrected chi connectivity index (χ2v) is 6.06. The predicted molar refractivity (Wildman–Crippen MR) is 72.7 cm³/mol. The number of rotatable bonds is 5. The zero-order chi connectivity index (χ0) is 18.2. The Morgan fingerprint density at radius 1 is 1.54 bits per heavy atom. The Bertz CT molecular complexity index is 750. The van der Waals surface area contributed by atoms with E-state index >= 15 is 0 Å². The number of carboxylic acids is 1. The first-order valence-corrected chi connectivity index (χ1v) is 7.84. The van der Waals surface area contributed by atoms with Gasteiger partial charge in [-0.2, -0.15) is 4.98 Å². The Balaban J connectivity index is 2.30. The van der Waals surface area contributed by atoms with Gasteiger partial charge in [0.05, 0.1) is 6.61 Å². The number of halogens is 1. The van der Waals surface area contributed by atoms with Gasteiger partial charge in [0.1, 0.15) is 23.6 Å². The summed E-state index contributed by atoms with van der Waals surface area (Å²) in [6, 6.07) is 0. The van der Waals surface area contributed by atoms with Gasteiger partial charge in [-0.3, -0.25) is 9.09 Å². The van der Waals surface area contributed by atoms with E-state index in [0.29, 0.717) is 10.8 Å². The number of aliphatic hydroxyl groups excluding tert-OH is 1. The third kappa shape index (κ3) is 3.77. The van der Waals surface area contributed by atoms with Crippen molar-refractivity contribution in [2.24, 2.45) is 0 Å². The van der Waals surface area contributed by atoms with Crippen molar-refractivity contribution in [1.82, 2.24) is 9.55 Å². The number of nitrogen functional groups attached to an aromatic ring is 1. The second kappa shape index (κ2) is 6.55. The fourth-order valence-corrected chi connectivity index (χ4v) is 2.41. The molecule has 2 heterocycles. The number of aliphatic hydroxyl groups is 1. The number of aromatic nitrogens is 2. The SMILES string of the molecule is Nc1nc(=O)n([C@@H]2O[C@H](COP(=O)(O)O)[C@@H](O)[C@@H]2F)cc1C(=O)O. The Morgan fingerprint density at radius 3 is 2.71 bits per heavy atom. The van der Waals surface area contributed by atoms with Crippen LogP contribution in [0.3, 0.4) is 0 Å². The van der Waals surface area contributed by atoms with E-state index in [1.165, 1.54) is 0 Å². The van der Waals surface area contributed by atoms with Crippen LogP contribution in [0, 0.1) is 0 Å². The Morgan fingerprint density at radius 2 is 2.17 bits per heavy atom. The van der Waals surface area contributed by atoms with E-state index in [1.54, 1.807) is 0 Å². The summed E-state index contributed by atoms with van der Waals surface area (Å²) in [5.41, 5.74) is 3.56. The van der Waals surface area contributed by atoms with Crippen molar-refractivity contribution in [2.75, 3.05) is 12.3 Å². The average molecular weight is 369 g/mol. The molecule has 0 aromatic carbocycles. The molecule has 6 N–H and O–H groups in total. The second-order valence-electron chi connectivity index (χ2n) is 4.82. The summed E-state index contributed by atoms with van der Waals surface area (Å²) >= 11 is 0. The number of nitrogens with zero attached hydrogens (tertiary/aromatic N) is 2. The summed E-state index contributed by atoms with van der Waals surface area (Å²) in [6.45, 7) is -0.856. The highest BCUT2D eigenvalue weighted by Gasteiger charge is 2.46. The first-order chi connectivity index (χ1) is 11.0. The zero-order valence-electron chi connectivity index (χ0n) is 11.7. The third-order valence-corrected chi connectivity index (χ3v) is 3.67. The molecule has 4 atom stereocenters. The van der Waals surface area contributed by atoms with E-state index in [1.807, 2.05) is 0 Å². The van der Waals surface area contributed by atoms with Crippen molar-refractivity contribution < 1.29 is 43.0 Å². The van der Waals surface area contributed by atoms with Crippen LogP contribution in [-0.2, 0) is 13.8 Å². The molecule has 0 radical (unpaired) electrons. The number of ether oxygens (including phenoxy) is 1. The maximum absolute atomic E-state index is 14.2. The van der Waals surface area contributed by atoms with E-state index in [9.17, 15) is 23.7 Å². The Hall–Kier alpha value is -1.89. The summed E-state index contributed by atoms with van der Waals surface area (Å²) < 4.78 is 34.4. The van der Waals surface area contributed by atoms with E-state index in [2.05, 4.69) is 9.51 Å². The molecular weight excluding hydrogens is 356 g/mol. The molecule has 14 heteroatoms. The van der Waals surface area contributed by atoms with Crippen LogP contribution in [0.1, 0.15) is 16.6 Å². The number of phosphoric ester groups is 1. The number of hydrogen-bond acceptors (Lipinski definition) is 8. The smallest absolute Gasteiger partial charge is 0.469 e. The molecule has 1 aromatic heterocycles. The van der Waals surface area contributed by atoms with Gasteiger partial charge in [-0.15, -0.1) is 0 Å². The fourth-order valence-electron chi connectivity index (χ4n) is 2.06. The molecule has 1 aliphatic heterocycles. The molecule has 1 fully saturated rings. The minimum Gasteiger partial charge on any atom is -0.478 e. The molecule has 0 spiro atoms. The molecule has 0 saturated carbocycles. The van der Waals surface area contributed by atoms with Crippen molar-refractivity contribution in [3.63, 3.8) is 0 Å². The molecule has 134 valence electrons. The summed E-state index contributed by atoms with van der Waals surface area (Å²) in [6.07, 6.45) is -6.66. The molecule has 2 rings (SSSR count).